The summed E-state index contributed by atoms with van der Waals surface area (Å²) in [6.45, 7) is 2.18. The first kappa shape index (κ1) is 13.7. The Morgan fingerprint density at radius 1 is 1.44 bits per heavy atom. The summed E-state index contributed by atoms with van der Waals surface area (Å²) in [4.78, 5) is 5.98. The smallest absolute Gasteiger partial charge is 0.154 e. The van der Waals surface area contributed by atoms with E-state index in [2.05, 4.69) is 4.98 Å². The first-order valence-electron chi connectivity index (χ1n) is 5.39. The summed E-state index contributed by atoms with van der Waals surface area (Å²) in [5, 5.41) is 0.668. The second-order valence-electron chi connectivity index (χ2n) is 4.32. The average molecular weight is 310 g/mol. The number of sulfone groups is 1. The molecule has 1 aromatic rings. The van der Waals surface area contributed by atoms with Gasteiger partial charge in [-0.2, -0.15) is 0 Å². The zero-order valence-corrected chi connectivity index (χ0v) is 12.1. The summed E-state index contributed by atoms with van der Waals surface area (Å²) >= 11 is 11.9. The molecule has 1 aliphatic heterocycles. The van der Waals surface area contributed by atoms with Gasteiger partial charge in [0, 0.05) is 12.6 Å². The molecule has 8 heteroatoms. The van der Waals surface area contributed by atoms with Gasteiger partial charge in [-0.05, 0) is 13.0 Å². The van der Waals surface area contributed by atoms with Gasteiger partial charge in [0.1, 0.15) is 11.6 Å². The van der Waals surface area contributed by atoms with Crippen molar-refractivity contribution < 1.29 is 8.42 Å². The lowest BCUT2D eigenvalue weighted by atomic mass is 10.3. The number of pyridine rings is 1. The lowest BCUT2D eigenvalue weighted by Crippen LogP contribution is -2.47. The van der Waals surface area contributed by atoms with E-state index in [9.17, 15) is 8.42 Å². The van der Waals surface area contributed by atoms with Crippen LogP contribution < -0.4 is 10.6 Å². The second-order valence-corrected chi connectivity index (χ2v) is 7.36. The van der Waals surface area contributed by atoms with Gasteiger partial charge >= 0.3 is 0 Å². The summed E-state index contributed by atoms with van der Waals surface area (Å²) < 4.78 is 23.0. The van der Waals surface area contributed by atoms with E-state index in [1.807, 2.05) is 11.8 Å². The van der Waals surface area contributed by atoms with Crippen molar-refractivity contribution in [2.24, 2.45) is 0 Å². The van der Waals surface area contributed by atoms with Crippen LogP contribution in [0, 0.1) is 0 Å². The summed E-state index contributed by atoms with van der Waals surface area (Å²) in [6, 6.07) is 1.34. The van der Waals surface area contributed by atoms with E-state index in [1.165, 1.54) is 6.07 Å². The molecule has 0 aromatic carbocycles. The third kappa shape index (κ3) is 2.65. The van der Waals surface area contributed by atoms with Crippen molar-refractivity contribution >= 4 is 44.7 Å². The van der Waals surface area contributed by atoms with Gasteiger partial charge in [0.25, 0.3) is 0 Å². The first-order valence-corrected chi connectivity index (χ1v) is 7.96. The Morgan fingerprint density at radius 2 is 2.11 bits per heavy atom. The zero-order chi connectivity index (χ0) is 13.5. The molecule has 1 aliphatic rings. The van der Waals surface area contributed by atoms with Crippen LogP contribution in [0.25, 0.3) is 0 Å². The summed E-state index contributed by atoms with van der Waals surface area (Å²) in [5.41, 5.74) is 5.65. The Kier molecular flexibility index (Phi) is 3.62. The highest BCUT2D eigenvalue weighted by molar-refractivity contribution is 7.91. The molecule has 1 fully saturated rings. The van der Waals surface area contributed by atoms with Gasteiger partial charge in [-0.15, -0.1) is 0 Å². The Bertz CT molecular complexity index is 577. The number of nitrogen functional groups attached to an aromatic ring is 1. The van der Waals surface area contributed by atoms with Gasteiger partial charge in [-0.25, -0.2) is 13.4 Å². The van der Waals surface area contributed by atoms with Crippen molar-refractivity contribution in [1.82, 2.24) is 4.98 Å². The predicted octanol–water partition coefficient (Wildman–Crippen LogP) is 1.59. The molecule has 1 aromatic heterocycles. The van der Waals surface area contributed by atoms with E-state index < -0.39 is 9.84 Å². The molecule has 0 amide bonds. The van der Waals surface area contributed by atoms with Crippen LogP contribution >= 0.6 is 23.2 Å². The summed E-state index contributed by atoms with van der Waals surface area (Å²) in [7, 11) is -2.97. The van der Waals surface area contributed by atoms with Gasteiger partial charge in [0.15, 0.2) is 9.84 Å². The maximum atomic E-state index is 11.5. The Labute approximate surface area is 116 Å². The second kappa shape index (κ2) is 4.75. The number of nitrogens with zero attached hydrogens (tertiary/aromatic N) is 2. The van der Waals surface area contributed by atoms with Gasteiger partial charge in [0.2, 0.25) is 0 Å². The standard InChI is InChI=1S/C10H13Cl2N3O2S/c1-6-5-18(16,17)3-2-15(6)10-8(12)4-7(11)9(13)14-10/h4,6H,2-3,5H2,1H3,(H2,13,14). The number of anilines is 2. The lowest BCUT2D eigenvalue weighted by molar-refractivity contribution is 0.567. The molecule has 2 heterocycles. The average Bonchev–Trinajstić information content (AvgIpc) is 2.23. The highest BCUT2D eigenvalue weighted by Gasteiger charge is 2.30. The Hall–Kier alpha value is -0.720. The van der Waals surface area contributed by atoms with E-state index >= 15 is 0 Å². The van der Waals surface area contributed by atoms with Crippen molar-refractivity contribution in [3.63, 3.8) is 0 Å². The van der Waals surface area contributed by atoms with Gasteiger partial charge in [-0.1, -0.05) is 23.2 Å². The van der Waals surface area contributed by atoms with Crippen LogP contribution in [0.1, 0.15) is 6.92 Å². The molecule has 0 aliphatic carbocycles. The van der Waals surface area contributed by atoms with Crippen LogP contribution in [-0.2, 0) is 9.84 Å². The van der Waals surface area contributed by atoms with Crippen LogP contribution in [0.4, 0.5) is 11.6 Å². The molecule has 1 saturated heterocycles. The molecular weight excluding hydrogens is 297 g/mol. The number of halogens is 2. The minimum Gasteiger partial charge on any atom is -0.382 e. The Balaban J connectivity index is 2.36. The maximum Gasteiger partial charge on any atom is 0.154 e. The minimum atomic E-state index is -2.97. The van der Waals surface area contributed by atoms with E-state index in [1.54, 1.807) is 0 Å². The third-order valence-electron chi connectivity index (χ3n) is 2.88. The lowest BCUT2D eigenvalue weighted by Gasteiger charge is -2.34. The molecular formula is C10H13Cl2N3O2S. The van der Waals surface area contributed by atoms with Crippen LogP contribution in [0.15, 0.2) is 6.07 Å². The number of nitrogens with two attached hydrogens (primary N) is 1. The molecule has 2 N–H and O–H groups in total. The van der Waals surface area contributed by atoms with Crippen LogP contribution in [0.3, 0.4) is 0 Å². The van der Waals surface area contributed by atoms with Gasteiger partial charge in [-0.3, -0.25) is 0 Å². The molecule has 0 saturated carbocycles. The van der Waals surface area contributed by atoms with E-state index in [0.29, 0.717) is 22.4 Å². The topological polar surface area (TPSA) is 76.3 Å². The fourth-order valence-corrected chi connectivity index (χ4v) is 4.01. The predicted molar refractivity (Wildman–Crippen MR) is 74.1 cm³/mol. The normalized spacial score (nSPS) is 23.1. The van der Waals surface area contributed by atoms with Crippen molar-refractivity contribution in [3.05, 3.63) is 16.1 Å². The molecule has 1 atom stereocenters. The highest BCUT2D eigenvalue weighted by atomic mass is 35.5. The molecule has 100 valence electrons. The molecule has 0 spiro atoms. The number of hydrogen-bond acceptors (Lipinski definition) is 5. The third-order valence-corrected chi connectivity index (χ3v) is 5.26. The summed E-state index contributed by atoms with van der Waals surface area (Å²) in [6.07, 6.45) is 0. The van der Waals surface area contributed by atoms with Gasteiger partial charge in [0.05, 0.1) is 21.6 Å². The fourth-order valence-electron chi connectivity index (χ4n) is 1.99. The first-order chi connectivity index (χ1) is 8.30. The zero-order valence-electron chi connectivity index (χ0n) is 9.73. The highest BCUT2D eigenvalue weighted by Crippen LogP contribution is 2.32. The van der Waals surface area contributed by atoms with Crippen molar-refractivity contribution in [2.75, 3.05) is 28.7 Å². The molecule has 0 bridgehead atoms. The van der Waals surface area contributed by atoms with Gasteiger partial charge < -0.3 is 10.6 Å². The molecule has 0 radical (unpaired) electrons. The van der Waals surface area contributed by atoms with Crippen LogP contribution in [0.2, 0.25) is 10.0 Å². The molecule has 2 rings (SSSR count). The summed E-state index contributed by atoms with van der Waals surface area (Å²) in [5.74, 6) is 0.864. The van der Waals surface area contributed by atoms with Crippen molar-refractivity contribution in [1.29, 1.82) is 0 Å². The number of aromatic nitrogens is 1. The maximum absolute atomic E-state index is 11.5. The monoisotopic (exact) mass is 309 g/mol. The minimum absolute atomic E-state index is 0.0908. The SMILES string of the molecule is CC1CS(=O)(=O)CCN1c1nc(N)c(Cl)cc1Cl. The Morgan fingerprint density at radius 3 is 2.72 bits per heavy atom. The van der Waals surface area contributed by atoms with Crippen LogP contribution in [-0.4, -0.2) is 37.5 Å². The molecule has 18 heavy (non-hydrogen) atoms. The van der Waals surface area contributed by atoms with Crippen molar-refractivity contribution in [2.45, 2.75) is 13.0 Å². The van der Waals surface area contributed by atoms with Crippen LogP contribution in [0.5, 0.6) is 0 Å². The quantitative estimate of drug-likeness (QED) is 0.852. The van der Waals surface area contributed by atoms with E-state index in [-0.39, 0.29) is 23.4 Å². The number of rotatable bonds is 1. The molecule has 5 nitrogen and oxygen atoms in total. The largest absolute Gasteiger partial charge is 0.382 e. The van der Waals surface area contributed by atoms with E-state index in [4.69, 9.17) is 28.9 Å². The molecule has 1 unspecified atom stereocenters. The number of hydrogen-bond donors (Lipinski definition) is 1. The van der Waals surface area contributed by atoms with E-state index in [0.717, 1.165) is 0 Å². The fraction of sp³-hybridized carbons (Fsp3) is 0.500. The van der Waals surface area contributed by atoms with Crippen molar-refractivity contribution in [3.8, 4) is 0 Å².